The summed E-state index contributed by atoms with van der Waals surface area (Å²) in [7, 11) is 0. The topological polar surface area (TPSA) is 26.0 Å². The standard InChI is InChI=1S/C17H20FN/c1-12(2)17(19)10-13-6-8-14(9-7-13)15-4-3-5-16(18)11-15/h3-9,11-12,17H,10,19H2,1-2H3. The molecule has 19 heavy (non-hydrogen) atoms. The number of halogens is 1. The van der Waals surface area contributed by atoms with Crippen molar-refractivity contribution in [3.8, 4) is 11.1 Å². The Kier molecular flexibility index (Phi) is 4.33. The van der Waals surface area contributed by atoms with Gasteiger partial charge in [0.15, 0.2) is 0 Å². The van der Waals surface area contributed by atoms with Gasteiger partial charge in [-0.1, -0.05) is 50.2 Å². The molecule has 1 atom stereocenters. The van der Waals surface area contributed by atoms with Crippen LogP contribution in [0, 0.1) is 11.7 Å². The van der Waals surface area contributed by atoms with Crippen LogP contribution in [-0.4, -0.2) is 6.04 Å². The Morgan fingerprint density at radius 3 is 2.26 bits per heavy atom. The Morgan fingerprint density at radius 2 is 1.68 bits per heavy atom. The minimum atomic E-state index is -0.205. The molecule has 0 heterocycles. The largest absolute Gasteiger partial charge is 0.327 e. The van der Waals surface area contributed by atoms with E-state index in [-0.39, 0.29) is 11.9 Å². The second-order valence-electron chi connectivity index (χ2n) is 5.32. The molecule has 2 aromatic carbocycles. The molecule has 0 amide bonds. The fourth-order valence-electron chi connectivity index (χ4n) is 2.01. The van der Waals surface area contributed by atoms with E-state index in [1.54, 1.807) is 12.1 Å². The summed E-state index contributed by atoms with van der Waals surface area (Å²) >= 11 is 0. The highest BCUT2D eigenvalue weighted by molar-refractivity contribution is 5.63. The fraction of sp³-hybridized carbons (Fsp3) is 0.294. The smallest absolute Gasteiger partial charge is 0.123 e. The van der Waals surface area contributed by atoms with Crippen LogP contribution in [-0.2, 0) is 6.42 Å². The van der Waals surface area contributed by atoms with Gasteiger partial charge in [0.1, 0.15) is 5.82 Å². The molecular weight excluding hydrogens is 237 g/mol. The Bertz CT molecular complexity index is 531. The van der Waals surface area contributed by atoms with Crippen LogP contribution in [0.4, 0.5) is 4.39 Å². The van der Waals surface area contributed by atoms with Crippen LogP contribution in [0.25, 0.3) is 11.1 Å². The predicted molar refractivity (Wildman–Crippen MR) is 78.4 cm³/mol. The molecule has 0 saturated heterocycles. The lowest BCUT2D eigenvalue weighted by atomic mass is 9.96. The van der Waals surface area contributed by atoms with Crippen molar-refractivity contribution in [2.75, 3.05) is 0 Å². The van der Waals surface area contributed by atoms with E-state index in [0.717, 1.165) is 17.5 Å². The first kappa shape index (κ1) is 13.8. The monoisotopic (exact) mass is 257 g/mol. The SMILES string of the molecule is CC(C)C(N)Cc1ccc(-c2cccc(F)c2)cc1. The van der Waals surface area contributed by atoms with Crippen molar-refractivity contribution < 1.29 is 4.39 Å². The van der Waals surface area contributed by atoms with Gasteiger partial charge in [0.25, 0.3) is 0 Å². The van der Waals surface area contributed by atoms with Crippen LogP contribution >= 0.6 is 0 Å². The van der Waals surface area contributed by atoms with E-state index in [2.05, 4.69) is 26.0 Å². The molecule has 2 N–H and O–H groups in total. The van der Waals surface area contributed by atoms with Crippen molar-refractivity contribution in [3.63, 3.8) is 0 Å². The molecular formula is C17H20FN. The molecule has 0 saturated carbocycles. The molecule has 0 fully saturated rings. The molecule has 0 spiro atoms. The number of benzene rings is 2. The zero-order chi connectivity index (χ0) is 13.8. The van der Waals surface area contributed by atoms with Crippen molar-refractivity contribution in [2.45, 2.75) is 26.3 Å². The molecule has 2 aromatic rings. The molecule has 0 aliphatic carbocycles. The van der Waals surface area contributed by atoms with Gasteiger partial charge in [0.05, 0.1) is 0 Å². The third kappa shape index (κ3) is 3.65. The first-order chi connectivity index (χ1) is 9.06. The zero-order valence-corrected chi connectivity index (χ0v) is 11.4. The van der Waals surface area contributed by atoms with E-state index in [0.29, 0.717) is 5.92 Å². The molecule has 100 valence electrons. The summed E-state index contributed by atoms with van der Waals surface area (Å²) < 4.78 is 13.2. The Labute approximate surface area is 114 Å². The summed E-state index contributed by atoms with van der Waals surface area (Å²) in [5.74, 6) is 0.270. The van der Waals surface area contributed by atoms with E-state index in [9.17, 15) is 4.39 Å². The van der Waals surface area contributed by atoms with Crippen LogP contribution in [0.3, 0.4) is 0 Å². The van der Waals surface area contributed by atoms with Gasteiger partial charge in [-0.05, 0) is 41.2 Å². The highest BCUT2D eigenvalue weighted by Crippen LogP contribution is 2.21. The first-order valence-electron chi connectivity index (χ1n) is 6.66. The average molecular weight is 257 g/mol. The lowest BCUT2D eigenvalue weighted by molar-refractivity contribution is 0.490. The molecule has 0 aliphatic heterocycles. The summed E-state index contributed by atoms with van der Waals surface area (Å²) in [6.07, 6.45) is 0.876. The molecule has 1 nitrogen and oxygen atoms in total. The fourth-order valence-corrected chi connectivity index (χ4v) is 2.01. The second-order valence-corrected chi connectivity index (χ2v) is 5.32. The van der Waals surface area contributed by atoms with Crippen LogP contribution in [0.15, 0.2) is 48.5 Å². The van der Waals surface area contributed by atoms with Gasteiger partial charge in [-0.3, -0.25) is 0 Å². The third-order valence-electron chi connectivity index (χ3n) is 3.44. The maximum atomic E-state index is 13.2. The van der Waals surface area contributed by atoms with Gasteiger partial charge < -0.3 is 5.73 Å². The normalized spacial score (nSPS) is 12.7. The summed E-state index contributed by atoms with van der Waals surface area (Å²) in [5, 5.41) is 0. The van der Waals surface area contributed by atoms with Crippen LogP contribution in [0.5, 0.6) is 0 Å². The summed E-state index contributed by atoms with van der Waals surface area (Å²) in [5.41, 5.74) is 9.22. The van der Waals surface area contributed by atoms with E-state index >= 15 is 0 Å². The lowest BCUT2D eigenvalue weighted by Gasteiger charge is -2.15. The van der Waals surface area contributed by atoms with Crippen LogP contribution < -0.4 is 5.73 Å². The van der Waals surface area contributed by atoms with Gasteiger partial charge in [-0.25, -0.2) is 4.39 Å². The molecule has 0 radical (unpaired) electrons. The molecule has 2 rings (SSSR count). The van der Waals surface area contributed by atoms with Crippen molar-refractivity contribution in [3.05, 3.63) is 59.9 Å². The Balaban J connectivity index is 2.14. The minimum absolute atomic E-state index is 0.181. The quantitative estimate of drug-likeness (QED) is 0.879. The maximum Gasteiger partial charge on any atom is 0.123 e. The zero-order valence-electron chi connectivity index (χ0n) is 11.4. The summed E-state index contributed by atoms with van der Waals surface area (Å²) in [6, 6.07) is 15.0. The highest BCUT2D eigenvalue weighted by atomic mass is 19.1. The van der Waals surface area contributed by atoms with E-state index in [4.69, 9.17) is 5.73 Å². The third-order valence-corrected chi connectivity index (χ3v) is 3.44. The van der Waals surface area contributed by atoms with E-state index < -0.39 is 0 Å². The molecule has 0 aromatic heterocycles. The highest BCUT2D eigenvalue weighted by Gasteiger charge is 2.08. The van der Waals surface area contributed by atoms with Crippen LogP contribution in [0.2, 0.25) is 0 Å². The minimum Gasteiger partial charge on any atom is -0.327 e. The first-order valence-corrected chi connectivity index (χ1v) is 6.66. The van der Waals surface area contributed by atoms with Gasteiger partial charge in [0.2, 0.25) is 0 Å². The molecule has 0 bridgehead atoms. The van der Waals surface area contributed by atoms with Crippen molar-refractivity contribution in [1.29, 1.82) is 0 Å². The average Bonchev–Trinajstić information content (AvgIpc) is 2.39. The van der Waals surface area contributed by atoms with Gasteiger partial charge >= 0.3 is 0 Å². The summed E-state index contributed by atoms with van der Waals surface area (Å²) in [6.45, 7) is 4.26. The molecule has 1 unspecified atom stereocenters. The molecule has 0 aliphatic rings. The Hall–Kier alpha value is -1.67. The predicted octanol–water partition coefficient (Wildman–Crippen LogP) is 4.02. The van der Waals surface area contributed by atoms with Gasteiger partial charge in [-0.15, -0.1) is 0 Å². The Morgan fingerprint density at radius 1 is 1.00 bits per heavy atom. The maximum absolute atomic E-state index is 13.2. The van der Waals surface area contributed by atoms with Crippen LogP contribution in [0.1, 0.15) is 19.4 Å². The van der Waals surface area contributed by atoms with Crippen molar-refractivity contribution in [1.82, 2.24) is 0 Å². The number of rotatable bonds is 4. The van der Waals surface area contributed by atoms with Crippen molar-refractivity contribution >= 4 is 0 Å². The van der Waals surface area contributed by atoms with E-state index in [1.807, 2.05) is 18.2 Å². The molecule has 2 heteroatoms. The van der Waals surface area contributed by atoms with Crippen molar-refractivity contribution in [2.24, 2.45) is 11.7 Å². The number of hydrogen-bond acceptors (Lipinski definition) is 1. The number of hydrogen-bond donors (Lipinski definition) is 1. The summed E-state index contributed by atoms with van der Waals surface area (Å²) in [4.78, 5) is 0. The van der Waals surface area contributed by atoms with Gasteiger partial charge in [0, 0.05) is 6.04 Å². The van der Waals surface area contributed by atoms with Gasteiger partial charge in [-0.2, -0.15) is 0 Å². The second kappa shape index (κ2) is 5.98. The van der Waals surface area contributed by atoms with E-state index in [1.165, 1.54) is 11.6 Å². The number of nitrogens with two attached hydrogens (primary N) is 1. The lowest BCUT2D eigenvalue weighted by Crippen LogP contribution is -2.28.